The van der Waals surface area contributed by atoms with Gasteiger partial charge in [-0.1, -0.05) is 5.16 Å². The molecule has 40 heavy (non-hydrogen) atoms. The maximum absolute atomic E-state index is 13.1. The number of nitrogens with one attached hydrogen (secondary N) is 1. The molecule has 1 fully saturated rings. The highest BCUT2D eigenvalue weighted by atomic mass is 32.2. The van der Waals surface area contributed by atoms with E-state index in [1.807, 2.05) is 6.07 Å². The largest absolute Gasteiger partial charge is 0.477 e. The zero-order valence-corrected chi connectivity index (χ0v) is 22.6. The van der Waals surface area contributed by atoms with Crippen LogP contribution in [0.15, 0.2) is 52.7 Å². The number of carbonyl (C=O) groups is 3. The lowest BCUT2D eigenvalue weighted by atomic mass is 10.0. The van der Waals surface area contributed by atoms with Crippen LogP contribution in [-0.4, -0.2) is 89.2 Å². The molecule has 3 aromatic rings. The van der Waals surface area contributed by atoms with Crippen molar-refractivity contribution in [2.75, 3.05) is 25.2 Å². The van der Waals surface area contributed by atoms with Gasteiger partial charge >= 0.3 is 5.97 Å². The van der Waals surface area contributed by atoms with E-state index in [4.69, 9.17) is 15.7 Å². The van der Waals surface area contributed by atoms with Gasteiger partial charge in [-0.2, -0.15) is 5.10 Å². The number of carbonyl (C=O) groups excluding carboxylic acids is 2. The molecule has 15 nitrogen and oxygen atoms in total. The second-order valence-electron chi connectivity index (χ2n) is 8.63. The van der Waals surface area contributed by atoms with E-state index in [2.05, 4.69) is 25.5 Å². The number of rotatable bonds is 10. The molecule has 0 bridgehead atoms. The zero-order valence-electron chi connectivity index (χ0n) is 21.0. The van der Waals surface area contributed by atoms with Crippen molar-refractivity contribution in [2.24, 2.45) is 5.16 Å². The Balaban J connectivity index is 1.33. The predicted molar refractivity (Wildman–Crippen MR) is 142 cm³/mol. The molecular formula is C23H24N9O6S2+. The van der Waals surface area contributed by atoms with E-state index in [0.29, 0.717) is 29.3 Å². The first kappa shape index (κ1) is 27.2. The van der Waals surface area contributed by atoms with E-state index < -0.39 is 29.2 Å². The molecule has 0 unspecified atom stereocenters. The van der Waals surface area contributed by atoms with Crippen LogP contribution in [0.4, 0.5) is 5.13 Å². The molecule has 1 saturated heterocycles. The number of thiazole rings is 1. The minimum Gasteiger partial charge on any atom is -0.477 e. The summed E-state index contributed by atoms with van der Waals surface area (Å²) >= 11 is 2.47. The number of oxime groups is 1. The minimum atomic E-state index is -1.24. The molecule has 5 N–H and O–H groups in total. The van der Waals surface area contributed by atoms with Crippen LogP contribution in [-0.2, 0) is 32.3 Å². The number of carboxylic acid groups (broad SMARTS) is 1. The number of β-lactam (4-membered cyclic amide) rings is 1. The molecule has 2 atom stereocenters. The van der Waals surface area contributed by atoms with Crippen LogP contribution < -0.4 is 15.6 Å². The Bertz CT molecular complexity index is 1530. The summed E-state index contributed by atoms with van der Waals surface area (Å²) < 4.78 is 3.31. The number of hydrogen-bond donors (Lipinski definition) is 4. The number of nitrogen functional groups attached to an aromatic ring is 1. The average Bonchev–Trinajstić information content (AvgIpc) is 3.59. The third-order valence-electron chi connectivity index (χ3n) is 6.05. The fraction of sp³-hybridized carbons (Fsp3) is 0.304. The van der Waals surface area contributed by atoms with Gasteiger partial charge in [0.2, 0.25) is 0 Å². The number of hydrogen-bond acceptors (Lipinski definition) is 12. The van der Waals surface area contributed by atoms with Gasteiger partial charge in [0.05, 0.1) is 18.7 Å². The molecule has 0 spiro atoms. The predicted octanol–water partition coefficient (Wildman–Crippen LogP) is -0.947. The van der Waals surface area contributed by atoms with Crippen molar-refractivity contribution in [1.82, 2.24) is 30.0 Å². The van der Waals surface area contributed by atoms with E-state index in [-0.39, 0.29) is 35.4 Å². The number of nitrogens with two attached hydrogens (primary N) is 1. The van der Waals surface area contributed by atoms with Gasteiger partial charge in [0, 0.05) is 22.8 Å². The molecule has 208 valence electrons. The monoisotopic (exact) mass is 586 g/mol. The van der Waals surface area contributed by atoms with Crippen LogP contribution in [0, 0.1) is 0 Å². The second kappa shape index (κ2) is 11.4. The van der Waals surface area contributed by atoms with Crippen molar-refractivity contribution in [2.45, 2.75) is 24.5 Å². The summed E-state index contributed by atoms with van der Waals surface area (Å²) in [4.78, 5) is 52.6. The molecule has 17 heteroatoms. The molecule has 0 saturated carbocycles. The molecule has 2 amide bonds. The number of nitrogens with zero attached hydrogens (tertiary/aromatic N) is 7. The summed E-state index contributed by atoms with van der Waals surface area (Å²) in [6.07, 6.45) is 5.08. The number of pyridine rings is 1. The van der Waals surface area contributed by atoms with Gasteiger partial charge in [-0.25, -0.2) is 19.3 Å². The molecule has 5 rings (SSSR count). The summed E-state index contributed by atoms with van der Waals surface area (Å²) in [7, 11) is 1.27. The van der Waals surface area contributed by atoms with E-state index in [1.54, 1.807) is 23.0 Å². The number of aliphatic hydroxyl groups is 1. The van der Waals surface area contributed by atoms with Crippen molar-refractivity contribution in [3.63, 3.8) is 0 Å². The summed E-state index contributed by atoms with van der Waals surface area (Å²) in [6, 6.07) is 2.65. The van der Waals surface area contributed by atoms with Gasteiger partial charge < -0.3 is 26.1 Å². The first-order valence-electron chi connectivity index (χ1n) is 11.8. The standard InChI is InChI=1S/C23H23N9O6S2/c1-38-29-15(14-10-40-23(24)26-14)19(34)27-16-20(35)32-17(22(36)37)13(9-39-21(16)32)8-30-4-2-3-12(7-30)18-25-11-31(28-18)5-6-33/h2-4,7,10-11,16,21,33H,5-6,8-9H2,1H3,(H3-,24,26,27,34,36,37)/p+1/b29-15+/t16-,21-/m1/s1. The van der Waals surface area contributed by atoms with Crippen LogP contribution in [0.5, 0.6) is 0 Å². The van der Waals surface area contributed by atoms with Gasteiger partial charge in [0.1, 0.15) is 36.2 Å². The molecule has 0 aliphatic carbocycles. The highest BCUT2D eigenvalue weighted by Gasteiger charge is 2.54. The van der Waals surface area contributed by atoms with Crippen LogP contribution in [0.3, 0.4) is 0 Å². The molecule has 2 aliphatic rings. The quantitative estimate of drug-likeness (QED) is 0.0987. The van der Waals surface area contributed by atoms with E-state index in [1.165, 1.54) is 40.2 Å². The highest BCUT2D eigenvalue weighted by Crippen LogP contribution is 2.40. The number of aliphatic hydroxyl groups excluding tert-OH is 1. The topological polar surface area (TPSA) is 202 Å². The number of anilines is 1. The van der Waals surface area contributed by atoms with Gasteiger partial charge in [-0.3, -0.25) is 19.2 Å². The van der Waals surface area contributed by atoms with Crippen LogP contribution >= 0.6 is 23.1 Å². The van der Waals surface area contributed by atoms with Crippen molar-refractivity contribution in [3.05, 3.63) is 53.2 Å². The van der Waals surface area contributed by atoms with Crippen LogP contribution in [0.1, 0.15) is 5.69 Å². The Labute approximate surface area is 235 Å². The molecule has 0 radical (unpaired) electrons. The maximum Gasteiger partial charge on any atom is 0.352 e. The molecular weight excluding hydrogens is 562 g/mol. The van der Waals surface area contributed by atoms with Crippen molar-refractivity contribution in [1.29, 1.82) is 0 Å². The van der Waals surface area contributed by atoms with E-state index in [0.717, 1.165) is 11.3 Å². The van der Waals surface area contributed by atoms with Gasteiger partial charge in [-0.15, -0.1) is 23.1 Å². The number of carboxylic acids is 1. The van der Waals surface area contributed by atoms with Crippen molar-refractivity contribution in [3.8, 4) is 11.4 Å². The summed E-state index contributed by atoms with van der Waals surface area (Å²) in [6.45, 7) is 0.465. The molecule has 5 heterocycles. The number of thioether (sulfide) groups is 1. The lowest BCUT2D eigenvalue weighted by molar-refractivity contribution is -0.688. The van der Waals surface area contributed by atoms with Gasteiger partial charge in [0.25, 0.3) is 11.8 Å². The SMILES string of the molecule is CO/N=C(/C(=O)N[C@@H]1C(=O)N2C(C(=O)O)=C(C[n+]3cccc(-c4ncn(CCO)n4)c3)CS[C@H]12)c1csc(N)n1. The third kappa shape index (κ3) is 5.25. The molecule has 2 aliphatic heterocycles. The van der Waals surface area contributed by atoms with E-state index >= 15 is 0 Å². The molecule has 3 aromatic heterocycles. The summed E-state index contributed by atoms with van der Waals surface area (Å²) in [5, 5.41) is 31.0. The number of aliphatic carboxylic acids is 1. The lowest BCUT2D eigenvalue weighted by Crippen LogP contribution is -2.71. The Kier molecular flexibility index (Phi) is 7.76. The fourth-order valence-corrected chi connectivity index (χ4v) is 6.20. The minimum absolute atomic E-state index is 0.0645. The van der Waals surface area contributed by atoms with Gasteiger partial charge in [0.15, 0.2) is 35.6 Å². The van der Waals surface area contributed by atoms with Crippen molar-refractivity contribution < 1.29 is 34.0 Å². The molecule has 0 aromatic carbocycles. The second-order valence-corrected chi connectivity index (χ2v) is 10.6. The smallest absolute Gasteiger partial charge is 0.352 e. The van der Waals surface area contributed by atoms with Gasteiger partial charge in [-0.05, 0) is 6.07 Å². The number of fused-ring (bicyclic) bond motifs is 1. The Morgan fingerprint density at radius 2 is 2.23 bits per heavy atom. The Hall–Kier alpha value is -4.35. The Morgan fingerprint density at radius 1 is 1.40 bits per heavy atom. The van der Waals surface area contributed by atoms with E-state index in [9.17, 15) is 19.5 Å². The number of aromatic nitrogens is 5. The third-order valence-corrected chi connectivity index (χ3v) is 8.07. The Morgan fingerprint density at radius 3 is 2.92 bits per heavy atom. The zero-order chi connectivity index (χ0) is 28.4. The fourth-order valence-electron chi connectivity index (χ4n) is 4.32. The first-order valence-corrected chi connectivity index (χ1v) is 13.8. The van der Waals surface area contributed by atoms with Crippen molar-refractivity contribution >= 4 is 51.7 Å². The average molecular weight is 587 g/mol. The summed E-state index contributed by atoms with van der Waals surface area (Å²) in [5.74, 6) is -1.70. The summed E-state index contributed by atoms with van der Waals surface area (Å²) in [5.41, 5.74) is 6.84. The highest BCUT2D eigenvalue weighted by molar-refractivity contribution is 8.00. The lowest BCUT2D eigenvalue weighted by Gasteiger charge is -2.49. The number of amides is 2. The maximum atomic E-state index is 13.1. The van der Waals surface area contributed by atoms with Crippen LogP contribution in [0.25, 0.3) is 11.4 Å². The normalized spacial score (nSPS) is 18.8. The van der Waals surface area contributed by atoms with Crippen LogP contribution in [0.2, 0.25) is 0 Å². The first-order chi connectivity index (χ1) is 19.3.